The smallest absolute Gasteiger partial charge is 0.183 e. The van der Waals surface area contributed by atoms with Crippen LogP contribution in [0.15, 0.2) is 0 Å². The molecular weight excluding hydrogens is 280 g/mol. The lowest BCUT2D eigenvalue weighted by Crippen LogP contribution is -2.52. The van der Waals surface area contributed by atoms with Crippen LogP contribution in [-0.2, 0) is 9.47 Å². The maximum atomic E-state index is 8.88. The molecule has 2 aliphatic heterocycles. The van der Waals surface area contributed by atoms with E-state index >= 15 is 0 Å². The molecule has 0 amide bonds. The monoisotopic (exact) mass is 300 g/mol. The summed E-state index contributed by atoms with van der Waals surface area (Å²) in [6.07, 6.45) is -10.5. The molecule has 2 fully saturated rings. The first-order valence-corrected chi connectivity index (χ1v) is 5.93. The molecule has 10 nitrogen and oxygen atoms in total. The van der Waals surface area contributed by atoms with Gasteiger partial charge >= 0.3 is 0 Å². The predicted octanol–water partition coefficient (Wildman–Crippen LogP) is -5.16. The lowest BCUT2D eigenvalue weighted by molar-refractivity contribution is -0.252. The molecule has 0 aliphatic carbocycles. The number of aliphatic hydroxyl groups excluding tert-OH is 8. The van der Waals surface area contributed by atoms with Gasteiger partial charge in [-0.05, 0) is 0 Å². The third-order valence-corrected chi connectivity index (χ3v) is 2.95. The van der Waals surface area contributed by atoms with Gasteiger partial charge in [-0.25, -0.2) is 0 Å². The highest BCUT2D eigenvalue weighted by atomic mass is 16.6. The molecule has 8 N–H and O–H groups in total. The Balaban J connectivity index is 0.000000200. The van der Waals surface area contributed by atoms with E-state index in [4.69, 9.17) is 40.9 Å². The molecule has 2 rings (SSSR count). The maximum absolute atomic E-state index is 8.88. The zero-order valence-corrected chi connectivity index (χ0v) is 10.4. The van der Waals surface area contributed by atoms with Crippen molar-refractivity contribution >= 4 is 0 Å². The van der Waals surface area contributed by atoms with Crippen molar-refractivity contribution in [2.24, 2.45) is 0 Å². The fraction of sp³-hybridized carbons (Fsp3) is 1.00. The molecular formula is C10H20O10. The van der Waals surface area contributed by atoms with Gasteiger partial charge in [0, 0.05) is 0 Å². The highest BCUT2D eigenvalue weighted by Gasteiger charge is 2.36. The lowest BCUT2D eigenvalue weighted by atomic mass is 10.1. The molecule has 6 unspecified atom stereocenters. The van der Waals surface area contributed by atoms with Crippen molar-refractivity contribution in [1.82, 2.24) is 0 Å². The molecule has 0 aromatic rings. The van der Waals surface area contributed by atoms with E-state index < -0.39 is 49.2 Å². The van der Waals surface area contributed by atoms with Crippen LogP contribution in [0, 0.1) is 0 Å². The van der Waals surface area contributed by atoms with Crippen molar-refractivity contribution < 1.29 is 50.3 Å². The summed E-state index contributed by atoms with van der Waals surface area (Å²) in [6, 6.07) is 0. The molecule has 0 aromatic carbocycles. The summed E-state index contributed by atoms with van der Waals surface area (Å²) in [5.74, 6) is 0. The average Bonchev–Trinajstić information content (AvgIpc) is 2.43. The zero-order chi connectivity index (χ0) is 15.4. The van der Waals surface area contributed by atoms with Crippen molar-refractivity contribution in [2.45, 2.75) is 49.2 Å². The van der Waals surface area contributed by atoms with Crippen LogP contribution in [0.2, 0.25) is 0 Å². The van der Waals surface area contributed by atoms with E-state index in [2.05, 4.69) is 9.47 Å². The number of hydrogen-bond donors (Lipinski definition) is 8. The van der Waals surface area contributed by atoms with Gasteiger partial charge in [0.1, 0.15) is 36.6 Å². The second-order valence-electron chi connectivity index (χ2n) is 4.54. The van der Waals surface area contributed by atoms with Crippen molar-refractivity contribution in [1.29, 1.82) is 0 Å². The van der Waals surface area contributed by atoms with Crippen molar-refractivity contribution in [3.8, 4) is 0 Å². The number of rotatable bonds is 0. The third-order valence-electron chi connectivity index (χ3n) is 2.95. The minimum Gasteiger partial charge on any atom is -0.388 e. The zero-order valence-electron chi connectivity index (χ0n) is 10.4. The molecule has 0 aromatic heterocycles. The van der Waals surface area contributed by atoms with Crippen LogP contribution in [0.4, 0.5) is 0 Å². The SMILES string of the molecule is OC1COC(O)C(O)C1O.OC1COC(O)[C@@H](O)[C@@H]1O. The second kappa shape index (κ2) is 7.56. The molecule has 8 atom stereocenters. The van der Waals surface area contributed by atoms with E-state index in [1.54, 1.807) is 0 Å². The van der Waals surface area contributed by atoms with Gasteiger partial charge < -0.3 is 50.3 Å². The van der Waals surface area contributed by atoms with E-state index in [0.717, 1.165) is 0 Å². The summed E-state index contributed by atoms with van der Waals surface area (Å²) in [7, 11) is 0. The Morgan fingerprint density at radius 1 is 0.500 bits per heavy atom. The van der Waals surface area contributed by atoms with Crippen LogP contribution >= 0.6 is 0 Å². The molecule has 0 bridgehead atoms. The molecule has 0 saturated carbocycles. The van der Waals surface area contributed by atoms with Crippen LogP contribution in [0.5, 0.6) is 0 Å². The van der Waals surface area contributed by atoms with Gasteiger partial charge in [0.15, 0.2) is 12.6 Å². The fourth-order valence-electron chi connectivity index (χ4n) is 1.58. The number of ether oxygens (including phenoxy) is 2. The Kier molecular flexibility index (Phi) is 6.68. The fourth-order valence-corrected chi connectivity index (χ4v) is 1.58. The normalized spacial score (nSPS) is 49.2. The van der Waals surface area contributed by atoms with Gasteiger partial charge in [-0.1, -0.05) is 0 Å². The Morgan fingerprint density at radius 3 is 1.05 bits per heavy atom. The molecule has 2 saturated heterocycles. The largest absolute Gasteiger partial charge is 0.388 e. The summed E-state index contributed by atoms with van der Waals surface area (Å²) in [4.78, 5) is 0. The molecule has 2 aliphatic rings. The van der Waals surface area contributed by atoms with Gasteiger partial charge in [-0.2, -0.15) is 0 Å². The third kappa shape index (κ3) is 4.30. The van der Waals surface area contributed by atoms with Crippen LogP contribution in [0.3, 0.4) is 0 Å². The highest BCUT2D eigenvalue weighted by molar-refractivity contribution is 4.81. The van der Waals surface area contributed by atoms with Crippen molar-refractivity contribution in [3.63, 3.8) is 0 Å². The maximum Gasteiger partial charge on any atom is 0.183 e. The minimum absolute atomic E-state index is 0.153. The molecule has 0 radical (unpaired) electrons. The predicted molar refractivity (Wildman–Crippen MR) is 60.0 cm³/mol. The van der Waals surface area contributed by atoms with E-state index in [0.29, 0.717) is 0 Å². The first-order valence-electron chi connectivity index (χ1n) is 5.93. The Labute approximate surface area is 114 Å². The van der Waals surface area contributed by atoms with Gasteiger partial charge in [0.25, 0.3) is 0 Å². The second-order valence-corrected chi connectivity index (χ2v) is 4.54. The van der Waals surface area contributed by atoms with Crippen LogP contribution in [-0.4, -0.2) is 103 Å². The van der Waals surface area contributed by atoms with Crippen LogP contribution in [0.1, 0.15) is 0 Å². The summed E-state index contributed by atoms with van der Waals surface area (Å²) in [6.45, 7) is -0.307. The summed E-state index contributed by atoms with van der Waals surface area (Å²) in [5, 5.41) is 70.5. The first kappa shape index (κ1) is 17.7. The Hall–Kier alpha value is -0.400. The minimum atomic E-state index is -1.41. The summed E-state index contributed by atoms with van der Waals surface area (Å²) >= 11 is 0. The quantitative estimate of drug-likeness (QED) is 0.215. The Morgan fingerprint density at radius 2 is 0.800 bits per heavy atom. The highest BCUT2D eigenvalue weighted by Crippen LogP contribution is 2.13. The van der Waals surface area contributed by atoms with Crippen LogP contribution in [0.25, 0.3) is 0 Å². The van der Waals surface area contributed by atoms with Gasteiger partial charge in [0.05, 0.1) is 13.2 Å². The van der Waals surface area contributed by atoms with Gasteiger partial charge in [-0.15, -0.1) is 0 Å². The molecule has 120 valence electrons. The standard InChI is InChI=1S/2C5H10O5/c2*6-2-1-10-5(9)4(8)3(2)7/h2*2-9H,1H2/t2?,3-,4+,5?;/m1./s1. The molecule has 0 spiro atoms. The molecule has 20 heavy (non-hydrogen) atoms. The molecule has 10 heteroatoms. The average molecular weight is 300 g/mol. The molecule has 2 heterocycles. The van der Waals surface area contributed by atoms with Gasteiger partial charge in [-0.3, -0.25) is 0 Å². The number of aliphatic hydroxyl groups is 8. The van der Waals surface area contributed by atoms with E-state index in [9.17, 15) is 0 Å². The summed E-state index contributed by atoms with van der Waals surface area (Å²) < 4.78 is 8.94. The lowest BCUT2D eigenvalue weighted by Gasteiger charge is -2.31. The number of hydrogen-bond acceptors (Lipinski definition) is 10. The van der Waals surface area contributed by atoms with Crippen molar-refractivity contribution in [3.05, 3.63) is 0 Å². The van der Waals surface area contributed by atoms with E-state index in [-0.39, 0.29) is 13.2 Å². The van der Waals surface area contributed by atoms with E-state index in [1.165, 1.54) is 0 Å². The van der Waals surface area contributed by atoms with Crippen LogP contribution < -0.4 is 0 Å². The van der Waals surface area contributed by atoms with Crippen molar-refractivity contribution in [2.75, 3.05) is 13.2 Å². The van der Waals surface area contributed by atoms with E-state index in [1.807, 2.05) is 0 Å². The first-order chi connectivity index (χ1) is 9.25. The Bertz CT molecular complexity index is 233. The topological polar surface area (TPSA) is 180 Å². The summed E-state index contributed by atoms with van der Waals surface area (Å²) in [5.41, 5.74) is 0. The van der Waals surface area contributed by atoms with Gasteiger partial charge in [0.2, 0.25) is 0 Å².